The fourth-order valence-electron chi connectivity index (χ4n) is 0. The van der Waals surface area contributed by atoms with Crippen molar-refractivity contribution in [3.63, 3.8) is 0 Å². The molecule has 0 fully saturated rings. The molecule has 0 amide bonds. The molecule has 0 aromatic heterocycles. The quantitative estimate of drug-likeness (QED) is 0.427. The minimum atomic E-state index is -1.11. The van der Waals surface area contributed by atoms with Crippen LogP contribution in [0.15, 0.2) is 0 Å². The van der Waals surface area contributed by atoms with Crippen LogP contribution in [-0.2, 0) is 0 Å². The molecule has 3 heteroatoms. The van der Waals surface area contributed by atoms with Gasteiger partial charge >= 0.3 is 18.9 Å². The Morgan fingerprint density at radius 2 is 1.17 bits per heavy atom. The second kappa shape index (κ2) is 2.87. The van der Waals surface area contributed by atoms with Crippen molar-refractivity contribution in [3.05, 3.63) is 0 Å². The molecular formula is C3H12LiNSi. The van der Waals surface area contributed by atoms with Gasteiger partial charge in [0.05, 0.1) is 0 Å². The molecule has 0 radical (unpaired) electrons. The van der Waals surface area contributed by atoms with E-state index in [1.165, 1.54) is 0 Å². The van der Waals surface area contributed by atoms with Gasteiger partial charge in [-0.3, -0.25) is 0 Å². The van der Waals surface area contributed by atoms with E-state index in [4.69, 9.17) is 5.40 Å². The van der Waals surface area contributed by atoms with Gasteiger partial charge < -0.3 is 5.40 Å². The molecular weight excluding hydrogens is 85.1 g/mol. The molecule has 0 aliphatic heterocycles. The van der Waals surface area contributed by atoms with E-state index in [1.54, 1.807) is 0 Å². The SMILES string of the molecule is C[Si](C)(C)N.[LiH]. The van der Waals surface area contributed by atoms with Gasteiger partial charge in [-0.25, -0.2) is 0 Å². The summed E-state index contributed by atoms with van der Waals surface area (Å²) in [4.78, 5) is 0. The molecule has 0 spiro atoms. The third kappa shape index (κ3) is 113. The van der Waals surface area contributed by atoms with E-state index in [9.17, 15) is 0 Å². The van der Waals surface area contributed by atoms with E-state index >= 15 is 0 Å². The molecule has 0 rings (SSSR count). The molecule has 0 atom stereocenters. The van der Waals surface area contributed by atoms with Crippen LogP contribution in [0.3, 0.4) is 0 Å². The van der Waals surface area contributed by atoms with Gasteiger partial charge in [0.15, 0.2) is 0 Å². The first-order valence-electron chi connectivity index (χ1n) is 1.79. The Bertz CT molecular complexity index is 26.3. The predicted octanol–water partition coefficient (Wildman–Crippen LogP) is 0.131. The van der Waals surface area contributed by atoms with E-state index in [-0.39, 0.29) is 18.9 Å². The maximum atomic E-state index is 5.49. The average Bonchev–Trinajstić information content (AvgIpc) is 0.722. The standard InChI is InChI=1S/C3H11NSi.Li.H/c1-5(2,3)4;;/h4H2,1-3H3;;. The first kappa shape index (κ1) is 9.91. The Kier molecular flexibility index (Phi) is 4.74. The molecule has 0 aromatic carbocycles. The molecule has 0 unspecified atom stereocenters. The first-order chi connectivity index (χ1) is 2.00. The Morgan fingerprint density at radius 1 is 1.17 bits per heavy atom. The van der Waals surface area contributed by atoms with Crippen LogP contribution in [0.25, 0.3) is 0 Å². The molecule has 0 saturated carbocycles. The van der Waals surface area contributed by atoms with E-state index in [2.05, 4.69) is 19.6 Å². The second-order valence-electron chi connectivity index (χ2n) is 2.37. The average molecular weight is 97.2 g/mol. The van der Waals surface area contributed by atoms with Crippen molar-refractivity contribution in [2.45, 2.75) is 19.6 Å². The van der Waals surface area contributed by atoms with Crippen LogP contribution in [0.1, 0.15) is 0 Å². The van der Waals surface area contributed by atoms with Crippen LogP contribution in [-0.4, -0.2) is 27.1 Å². The number of nitrogens with two attached hydrogens (primary N) is 1. The summed E-state index contributed by atoms with van der Waals surface area (Å²) in [5.41, 5.74) is 0. The van der Waals surface area contributed by atoms with Crippen molar-refractivity contribution in [2.75, 3.05) is 0 Å². The molecule has 0 bridgehead atoms. The third-order valence-electron chi connectivity index (χ3n) is 0. The fraction of sp³-hybridized carbons (Fsp3) is 1.00. The Morgan fingerprint density at radius 3 is 1.17 bits per heavy atom. The molecule has 0 saturated heterocycles. The summed E-state index contributed by atoms with van der Waals surface area (Å²) < 4.78 is 0. The van der Waals surface area contributed by atoms with Crippen LogP contribution in [0, 0.1) is 0 Å². The van der Waals surface area contributed by atoms with Crippen molar-refractivity contribution in [2.24, 2.45) is 5.40 Å². The van der Waals surface area contributed by atoms with Gasteiger partial charge in [-0.05, 0) is 0 Å². The van der Waals surface area contributed by atoms with Crippen LogP contribution in [0.2, 0.25) is 19.6 Å². The second-order valence-corrected chi connectivity index (χ2v) is 7.10. The predicted molar refractivity (Wildman–Crippen MR) is 34.7 cm³/mol. The van der Waals surface area contributed by atoms with Gasteiger partial charge in [0.1, 0.15) is 8.24 Å². The third-order valence-corrected chi connectivity index (χ3v) is 0. The summed E-state index contributed by atoms with van der Waals surface area (Å²) in [7, 11) is -1.11. The number of rotatable bonds is 0. The minimum absolute atomic E-state index is 0. The van der Waals surface area contributed by atoms with Crippen molar-refractivity contribution in [1.82, 2.24) is 0 Å². The zero-order valence-electron chi connectivity index (χ0n) is 4.08. The molecule has 0 aliphatic carbocycles. The van der Waals surface area contributed by atoms with Gasteiger partial charge in [-0.2, -0.15) is 0 Å². The summed E-state index contributed by atoms with van der Waals surface area (Å²) in [5, 5.41) is 5.49. The Labute approximate surface area is 52.6 Å². The molecule has 0 heterocycles. The van der Waals surface area contributed by atoms with Gasteiger partial charge in [-0.1, -0.05) is 19.6 Å². The first-order valence-corrected chi connectivity index (χ1v) is 5.37. The topological polar surface area (TPSA) is 26.0 Å². The number of hydrogen-bond acceptors (Lipinski definition) is 1. The van der Waals surface area contributed by atoms with Crippen molar-refractivity contribution >= 4 is 27.1 Å². The molecule has 34 valence electrons. The van der Waals surface area contributed by atoms with E-state index in [0.717, 1.165) is 0 Å². The van der Waals surface area contributed by atoms with Gasteiger partial charge in [0.25, 0.3) is 0 Å². The summed E-state index contributed by atoms with van der Waals surface area (Å²) >= 11 is 0. The zero-order chi connectivity index (χ0) is 4.50. The van der Waals surface area contributed by atoms with Gasteiger partial charge in [0.2, 0.25) is 0 Å². The molecule has 0 aliphatic rings. The molecule has 1 nitrogen and oxygen atoms in total. The Hall–Kier alpha value is 0.774. The van der Waals surface area contributed by atoms with E-state index in [0.29, 0.717) is 0 Å². The van der Waals surface area contributed by atoms with Crippen molar-refractivity contribution in [1.29, 1.82) is 0 Å². The summed E-state index contributed by atoms with van der Waals surface area (Å²) in [6, 6.07) is 0. The summed E-state index contributed by atoms with van der Waals surface area (Å²) in [6.45, 7) is 6.31. The monoisotopic (exact) mass is 97.1 g/mol. The zero-order valence-corrected chi connectivity index (χ0v) is 5.08. The maximum absolute atomic E-state index is 5.49. The molecule has 6 heavy (non-hydrogen) atoms. The van der Waals surface area contributed by atoms with Crippen LogP contribution in [0.4, 0.5) is 0 Å². The Balaban J connectivity index is 0. The fourth-order valence-corrected chi connectivity index (χ4v) is 0. The van der Waals surface area contributed by atoms with E-state index in [1.807, 2.05) is 0 Å². The van der Waals surface area contributed by atoms with Crippen LogP contribution in [0.5, 0.6) is 0 Å². The molecule has 2 N–H and O–H groups in total. The van der Waals surface area contributed by atoms with Crippen molar-refractivity contribution < 1.29 is 0 Å². The molecule has 0 aromatic rings. The van der Waals surface area contributed by atoms with Crippen LogP contribution < -0.4 is 5.40 Å². The normalized spacial score (nSPS) is 10.0. The summed E-state index contributed by atoms with van der Waals surface area (Å²) in [5.74, 6) is 0. The van der Waals surface area contributed by atoms with Crippen molar-refractivity contribution in [3.8, 4) is 0 Å². The number of hydrogen-bond donors (Lipinski definition) is 1. The summed E-state index contributed by atoms with van der Waals surface area (Å²) in [6.07, 6.45) is 0. The van der Waals surface area contributed by atoms with Crippen LogP contribution >= 0.6 is 0 Å². The van der Waals surface area contributed by atoms with Gasteiger partial charge in [-0.15, -0.1) is 0 Å². The van der Waals surface area contributed by atoms with Gasteiger partial charge in [0, 0.05) is 0 Å². The van der Waals surface area contributed by atoms with E-state index < -0.39 is 8.24 Å².